The van der Waals surface area contributed by atoms with Gasteiger partial charge in [-0.25, -0.2) is 8.42 Å². The van der Waals surface area contributed by atoms with E-state index in [9.17, 15) is 8.42 Å². The van der Waals surface area contributed by atoms with Crippen molar-refractivity contribution in [1.82, 2.24) is 5.32 Å². The van der Waals surface area contributed by atoms with Crippen LogP contribution in [0, 0.1) is 6.92 Å². The fourth-order valence-corrected chi connectivity index (χ4v) is 3.93. The van der Waals surface area contributed by atoms with Gasteiger partial charge in [0, 0.05) is 6.04 Å². The Balaban J connectivity index is 2.32. The molecule has 120 valence electrons. The lowest BCUT2D eigenvalue weighted by atomic mass is 10.1. The second-order valence-electron chi connectivity index (χ2n) is 5.87. The van der Waals surface area contributed by atoms with E-state index in [-0.39, 0.29) is 5.75 Å². The highest BCUT2D eigenvalue weighted by Crippen LogP contribution is 2.13. The first-order chi connectivity index (χ1) is 9.94. The molecule has 1 N–H and O–H groups in total. The average molecular weight is 311 g/mol. The van der Waals surface area contributed by atoms with Crippen LogP contribution in [0.1, 0.15) is 50.7 Å². The van der Waals surface area contributed by atoms with Crippen molar-refractivity contribution in [1.29, 1.82) is 0 Å². The highest BCUT2D eigenvalue weighted by atomic mass is 32.2. The molecule has 1 aromatic carbocycles. The summed E-state index contributed by atoms with van der Waals surface area (Å²) in [6.07, 6.45) is 3.90. The predicted octanol–water partition coefficient (Wildman–Crippen LogP) is 3.47. The molecule has 0 aliphatic heterocycles. The molecule has 0 aliphatic rings. The van der Waals surface area contributed by atoms with Crippen molar-refractivity contribution in [3.05, 3.63) is 35.4 Å². The van der Waals surface area contributed by atoms with Crippen molar-refractivity contribution in [2.45, 2.75) is 58.2 Å². The Morgan fingerprint density at radius 3 is 2.57 bits per heavy atom. The van der Waals surface area contributed by atoms with Crippen LogP contribution in [0.5, 0.6) is 0 Å². The molecule has 0 saturated carbocycles. The fraction of sp³-hybridized carbons (Fsp3) is 0.647. The molecular weight excluding hydrogens is 282 g/mol. The second kappa shape index (κ2) is 9.21. The molecule has 0 aromatic heterocycles. The molecule has 1 aromatic rings. The Kier molecular flexibility index (Phi) is 7.97. The maximum Gasteiger partial charge on any atom is 0.154 e. The summed E-state index contributed by atoms with van der Waals surface area (Å²) in [6.45, 7) is 7.31. The van der Waals surface area contributed by atoms with Gasteiger partial charge in [0.2, 0.25) is 0 Å². The third-order valence-corrected chi connectivity index (χ3v) is 5.38. The Morgan fingerprint density at radius 1 is 1.19 bits per heavy atom. The lowest BCUT2D eigenvalue weighted by molar-refractivity contribution is 0.494. The van der Waals surface area contributed by atoms with Gasteiger partial charge in [-0.1, -0.05) is 37.6 Å². The first-order valence-corrected chi connectivity index (χ1v) is 9.75. The van der Waals surface area contributed by atoms with Crippen LogP contribution in [-0.4, -0.2) is 26.8 Å². The standard InChI is InChI=1S/C17H29NO2S/c1-4-12-18-16(3)10-7-8-13-21(19,20)14-17-11-6-5-9-15(17)2/h5-6,9,11,16,18H,4,7-8,10,12-14H2,1-3H3. The Bertz CT molecular complexity index is 511. The van der Waals surface area contributed by atoms with Crippen LogP contribution in [0.4, 0.5) is 0 Å². The third kappa shape index (κ3) is 7.63. The molecule has 0 fully saturated rings. The highest BCUT2D eigenvalue weighted by Gasteiger charge is 2.13. The van der Waals surface area contributed by atoms with Gasteiger partial charge in [0.05, 0.1) is 11.5 Å². The van der Waals surface area contributed by atoms with Gasteiger partial charge in [0.15, 0.2) is 9.84 Å². The molecule has 0 amide bonds. The Hall–Kier alpha value is -0.870. The number of hydrogen-bond donors (Lipinski definition) is 1. The summed E-state index contributed by atoms with van der Waals surface area (Å²) < 4.78 is 24.3. The van der Waals surface area contributed by atoms with Crippen LogP contribution in [0.2, 0.25) is 0 Å². The van der Waals surface area contributed by atoms with Gasteiger partial charge < -0.3 is 5.32 Å². The molecule has 1 atom stereocenters. The van der Waals surface area contributed by atoms with E-state index in [0.29, 0.717) is 11.8 Å². The summed E-state index contributed by atoms with van der Waals surface area (Å²) in [5.74, 6) is 0.463. The van der Waals surface area contributed by atoms with Crippen molar-refractivity contribution in [2.24, 2.45) is 0 Å². The number of aryl methyl sites for hydroxylation is 1. The van der Waals surface area contributed by atoms with E-state index < -0.39 is 9.84 Å². The van der Waals surface area contributed by atoms with Crippen molar-refractivity contribution < 1.29 is 8.42 Å². The van der Waals surface area contributed by atoms with Crippen molar-refractivity contribution in [3.63, 3.8) is 0 Å². The molecule has 0 saturated heterocycles. The molecule has 4 heteroatoms. The quantitative estimate of drug-likeness (QED) is 0.673. The number of unbranched alkanes of at least 4 members (excludes halogenated alkanes) is 1. The normalized spacial score (nSPS) is 13.3. The van der Waals surface area contributed by atoms with Gasteiger partial charge in [-0.05, 0) is 50.8 Å². The predicted molar refractivity (Wildman–Crippen MR) is 90.3 cm³/mol. The molecule has 3 nitrogen and oxygen atoms in total. The summed E-state index contributed by atoms with van der Waals surface area (Å²) in [4.78, 5) is 0. The summed E-state index contributed by atoms with van der Waals surface area (Å²) >= 11 is 0. The summed E-state index contributed by atoms with van der Waals surface area (Å²) in [6, 6.07) is 8.19. The number of rotatable bonds is 10. The minimum absolute atomic E-state index is 0.170. The zero-order valence-electron chi connectivity index (χ0n) is 13.6. The van der Waals surface area contributed by atoms with E-state index in [1.165, 1.54) is 0 Å². The molecule has 0 spiro atoms. The maximum atomic E-state index is 12.2. The number of sulfone groups is 1. The van der Waals surface area contributed by atoms with Gasteiger partial charge in [-0.2, -0.15) is 0 Å². The third-order valence-electron chi connectivity index (χ3n) is 3.72. The van der Waals surface area contributed by atoms with E-state index >= 15 is 0 Å². The minimum atomic E-state index is -2.99. The lowest BCUT2D eigenvalue weighted by Crippen LogP contribution is -2.26. The van der Waals surface area contributed by atoms with Crippen LogP contribution in [-0.2, 0) is 15.6 Å². The maximum absolute atomic E-state index is 12.2. The average Bonchev–Trinajstić information content (AvgIpc) is 2.44. The van der Waals surface area contributed by atoms with Crippen LogP contribution in [0.25, 0.3) is 0 Å². The van der Waals surface area contributed by atoms with Crippen LogP contribution >= 0.6 is 0 Å². The van der Waals surface area contributed by atoms with Crippen LogP contribution in [0.15, 0.2) is 24.3 Å². The molecule has 21 heavy (non-hydrogen) atoms. The number of hydrogen-bond acceptors (Lipinski definition) is 3. The second-order valence-corrected chi connectivity index (χ2v) is 8.05. The highest BCUT2D eigenvalue weighted by molar-refractivity contribution is 7.90. The Labute approximate surface area is 130 Å². The molecule has 0 bridgehead atoms. The fourth-order valence-electron chi connectivity index (χ4n) is 2.35. The lowest BCUT2D eigenvalue weighted by Gasteiger charge is -2.13. The SMILES string of the molecule is CCCNC(C)CCCCS(=O)(=O)Cc1ccccc1C. The molecule has 0 heterocycles. The van der Waals surface area contributed by atoms with E-state index in [1.54, 1.807) is 0 Å². The minimum Gasteiger partial charge on any atom is -0.314 e. The van der Waals surface area contributed by atoms with E-state index in [2.05, 4.69) is 19.2 Å². The topological polar surface area (TPSA) is 46.2 Å². The number of benzene rings is 1. The van der Waals surface area contributed by atoms with E-state index in [4.69, 9.17) is 0 Å². The van der Waals surface area contributed by atoms with Crippen molar-refractivity contribution in [2.75, 3.05) is 12.3 Å². The van der Waals surface area contributed by atoms with Crippen molar-refractivity contribution >= 4 is 9.84 Å². The van der Waals surface area contributed by atoms with Crippen LogP contribution < -0.4 is 5.32 Å². The summed E-state index contributed by atoms with van der Waals surface area (Å²) in [5, 5.41) is 3.43. The van der Waals surface area contributed by atoms with Gasteiger partial charge in [-0.15, -0.1) is 0 Å². The zero-order valence-corrected chi connectivity index (χ0v) is 14.4. The van der Waals surface area contributed by atoms with Gasteiger partial charge in [0.25, 0.3) is 0 Å². The zero-order chi connectivity index (χ0) is 15.7. The van der Waals surface area contributed by atoms with E-state index in [0.717, 1.165) is 43.4 Å². The molecule has 0 aliphatic carbocycles. The van der Waals surface area contributed by atoms with E-state index in [1.807, 2.05) is 31.2 Å². The van der Waals surface area contributed by atoms with Gasteiger partial charge >= 0.3 is 0 Å². The van der Waals surface area contributed by atoms with Gasteiger partial charge in [0.1, 0.15) is 0 Å². The first-order valence-electron chi connectivity index (χ1n) is 7.93. The van der Waals surface area contributed by atoms with Crippen molar-refractivity contribution in [3.8, 4) is 0 Å². The molecule has 1 unspecified atom stereocenters. The molecule has 1 rings (SSSR count). The molecule has 0 radical (unpaired) electrons. The Morgan fingerprint density at radius 2 is 1.90 bits per heavy atom. The molecular formula is C17H29NO2S. The smallest absolute Gasteiger partial charge is 0.154 e. The van der Waals surface area contributed by atoms with Crippen LogP contribution in [0.3, 0.4) is 0 Å². The summed E-state index contributed by atoms with van der Waals surface area (Å²) in [7, 11) is -2.99. The number of nitrogens with one attached hydrogen (secondary N) is 1. The largest absolute Gasteiger partial charge is 0.314 e. The monoisotopic (exact) mass is 311 g/mol. The summed E-state index contributed by atoms with van der Waals surface area (Å²) in [5.41, 5.74) is 1.98. The first kappa shape index (κ1) is 18.2. The van der Waals surface area contributed by atoms with Gasteiger partial charge in [-0.3, -0.25) is 0 Å².